The molecule has 0 atom stereocenters. The highest BCUT2D eigenvalue weighted by Gasteiger charge is 2.14. The molecular weight excluding hydrogens is 450 g/mol. The van der Waals surface area contributed by atoms with Crippen LogP contribution < -0.4 is 14.8 Å². The molecule has 0 fully saturated rings. The number of aryl methyl sites for hydroxylation is 2. The molecule has 1 heterocycles. The average Bonchev–Trinajstić information content (AvgIpc) is 3.20. The van der Waals surface area contributed by atoms with Crippen LogP contribution in [0.1, 0.15) is 43.3 Å². The van der Waals surface area contributed by atoms with Crippen LogP contribution in [0.2, 0.25) is 0 Å². The number of nitrogens with one attached hydrogen (secondary N) is 1. The van der Waals surface area contributed by atoms with Gasteiger partial charge in [-0.15, -0.1) is 0 Å². The van der Waals surface area contributed by atoms with E-state index in [0.717, 1.165) is 39.5 Å². The van der Waals surface area contributed by atoms with Gasteiger partial charge in [-0.3, -0.25) is 4.79 Å². The molecule has 1 aromatic heterocycles. The van der Waals surface area contributed by atoms with Crippen molar-refractivity contribution >= 4 is 16.9 Å². The Balaban J connectivity index is 1.38. The van der Waals surface area contributed by atoms with E-state index in [0.29, 0.717) is 19.7 Å². The number of hydrogen-bond donors (Lipinski definition) is 1. The van der Waals surface area contributed by atoms with Gasteiger partial charge in [-0.25, -0.2) is 4.98 Å². The molecule has 0 saturated heterocycles. The summed E-state index contributed by atoms with van der Waals surface area (Å²) in [6.07, 6.45) is 0. The second-order valence-electron chi connectivity index (χ2n) is 10.1. The molecule has 188 valence electrons. The Bertz CT molecular complexity index is 1330. The van der Waals surface area contributed by atoms with Crippen molar-refractivity contribution in [2.75, 3.05) is 13.2 Å². The Labute approximate surface area is 213 Å². The van der Waals surface area contributed by atoms with Gasteiger partial charge in [0.25, 0.3) is 5.91 Å². The van der Waals surface area contributed by atoms with Crippen molar-refractivity contribution < 1.29 is 14.3 Å². The number of amides is 1. The van der Waals surface area contributed by atoms with Gasteiger partial charge in [-0.1, -0.05) is 57.2 Å². The molecule has 6 nitrogen and oxygen atoms in total. The third-order valence-corrected chi connectivity index (χ3v) is 6.18. The highest BCUT2D eigenvalue weighted by atomic mass is 16.5. The summed E-state index contributed by atoms with van der Waals surface area (Å²) in [4.78, 5) is 17.3. The van der Waals surface area contributed by atoms with Crippen LogP contribution in [0.4, 0.5) is 0 Å². The maximum atomic E-state index is 12.5. The highest BCUT2D eigenvalue weighted by Crippen LogP contribution is 2.24. The van der Waals surface area contributed by atoms with Crippen molar-refractivity contribution in [2.45, 2.75) is 53.1 Å². The lowest BCUT2D eigenvalue weighted by molar-refractivity contribution is -0.123. The first-order valence-corrected chi connectivity index (χ1v) is 12.3. The van der Waals surface area contributed by atoms with Gasteiger partial charge in [0.05, 0.1) is 24.1 Å². The predicted octanol–water partition coefficient (Wildman–Crippen LogP) is 5.72. The zero-order chi connectivity index (χ0) is 25.7. The van der Waals surface area contributed by atoms with E-state index >= 15 is 0 Å². The van der Waals surface area contributed by atoms with Crippen molar-refractivity contribution in [3.8, 4) is 11.5 Å². The molecule has 0 bridgehead atoms. The third kappa shape index (κ3) is 6.25. The molecular formula is C30H35N3O3. The van der Waals surface area contributed by atoms with Crippen LogP contribution in [0.3, 0.4) is 0 Å². The van der Waals surface area contributed by atoms with Crippen molar-refractivity contribution in [3.05, 3.63) is 89.2 Å². The topological polar surface area (TPSA) is 65.4 Å². The van der Waals surface area contributed by atoms with Crippen molar-refractivity contribution in [3.63, 3.8) is 0 Å². The van der Waals surface area contributed by atoms with Gasteiger partial charge in [0, 0.05) is 0 Å². The molecule has 4 rings (SSSR count). The number of hydrogen-bond acceptors (Lipinski definition) is 4. The Kier molecular flexibility index (Phi) is 7.63. The molecule has 1 N–H and O–H groups in total. The normalized spacial score (nSPS) is 11.5. The minimum absolute atomic E-state index is 0.0435. The van der Waals surface area contributed by atoms with Gasteiger partial charge in [-0.05, 0) is 66.3 Å². The molecule has 0 saturated carbocycles. The molecule has 0 unspecified atom stereocenters. The van der Waals surface area contributed by atoms with E-state index in [9.17, 15) is 4.79 Å². The largest absolute Gasteiger partial charge is 0.492 e. The zero-order valence-electron chi connectivity index (χ0n) is 21.8. The lowest BCUT2D eigenvalue weighted by Crippen LogP contribution is -2.30. The van der Waals surface area contributed by atoms with Gasteiger partial charge in [-0.2, -0.15) is 0 Å². The van der Waals surface area contributed by atoms with Crippen LogP contribution in [0.25, 0.3) is 11.0 Å². The van der Waals surface area contributed by atoms with Crippen LogP contribution in [0.15, 0.2) is 66.7 Å². The predicted molar refractivity (Wildman–Crippen MR) is 144 cm³/mol. The Hall–Kier alpha value is -3.80. The van der Waals surface area contributed by atoms with E-state index in [1.807, 2.05) is 68.4 Å². The number of para-hydroxylation sites is 2. The molecule has 0 spiro atoms. The minimum atomic E-state index is -0.190. The molecule has 0 radical (unpaired) electrons. The first-order valence-electron chi connectivity index (χ1n) is 12.3. The summed E-state index contributed by atoms with van der Waals surface area (Å²) in [5.74, 6) is 2.16. The lowest BCUT2D eigenvalue weighted by Gasteiger charge is -2.19. The lowest BCUT2D eigenvalue weighted by atomic mass is 9.87. The van der Waals surface area contributed by atoms with E-state index in [4.69, 9.17) is 14.5 Å². The maximum absolute atomic E-state index is 12.5. The zero-order valence-corrected chi connectivity index (χ0v) is 21.8. The van der Waals surface area contributed by atoms with E-state index in [2.05, 4.69) is 42.8 Å². The summed E-state index contributed by atoms with van der Waals surface area (Å²) < 4.78 is 13.9. The molecule has 36 heavy (non-hydrogen) atoms. The van der Waals surface area contributed by atoms with E-state index in [-0.39, 0.29) is 17.9 Å². The van der Waals surface area contributed by atoms with Crippen molar-refractivity contribution in [2.24, 2.45) is 0 Å². The summed E-state index contributed by atoms with van der Waals surface area (Å²) in [5, 5.41) is 2.94. The first kappa shape index (κ1) is 25.3. The number of imidazole rings is 1. The average molecular weight is 486 g/mol. The van der Waals surface area contributed by atoms with E-state index in [1.54, 1.807) is 0 Å². The van der Waals surface area contributed by atoms with Gasteiger partial charge < -0.3 is 19.4 Å². The fourth-order valence-electron chi connectivity index (χ4n) is 4.05. The molecule has 3 aromatic carbocycles. The summed E-state index contributed by atoms with van der Waals surface area (Å²) in [5.41, 5.74) is 5.38. The molecule has 0 aliphatic rings. The molecule has 0 aliphatic heterocycles. The Morgan fingerprint density at radius 1 is 0.972 bits per heavy atom. The van der Waals surface area contributed by atoms with E-state index in [1.165, 1.54) is 5.56 Å². The van der Waals surface area contributed by atoms with Crippen molar-refractivity contribution in [1.82, 2.24) is 14.9 Å². The molecule has 6 heteroatoms. The number of aromatic nitrogens is 2. The smallest absolute Gasteiger partial charge is 0.258 e. The number of carbonyl (C=O) groups is 1. The fraction of sp³-hybridized carbons (Fsp3) is 0.333. The first-order chi connectivity index (χ1) is 17.2. The second kappa shape index (κ2) is 10.9. The number of nitrogens with zero attached hydrogens (tertiary/aromatic N) is 2. The summed E-state index contributed by atoms with van der Waals surface area (Å²) >= 11 is 0. The van der Waals surface area contributed by atoms with Gasteiger partial charge >= 0.3 is 0 Å². The number of fused-ring (bicyclic) bond motifs is 1. The van der Waals surface area contributed by atoms with Crippen LogP contribution in [-0.2, 0) is 23.3 Å². The van der Waals surface area contributed by atoms with Crippen molar-refractivity contribution in [1.29, 1.82) is 0 Å². The van der Waals surface area contributed by atoms with Crippen LogP contribution in [0.5, 0.6) is 11.5 Å². The monoisotopic (exact) mass is 485 g/mol. The minimum Gasteiger partial charge on any atom is -0.492 e. The standard InChI is InChI=1S/C30H35N3O3/c1-21-10-11-22(2)27(18-21)36-20-29(34)31-19-28-32-25-8-6-7-9-26(25)33(28)16-17-35-24-14-12-23(13-15-24)30(3,4)5/h6-15,18H,16-17,19-20H2,1-5H3,(H,31,34). The second-order valence-corrected chi connectivity index (χ2v) is 10.1. The maximum Gasteiger partial charge on any atom is 0.258 e. The summed E-state index contributed by atoms with van der Waals surface area (Å²) in [7, 11) is 0. The van der Waals surface area contributed by atoms with Gasteiger partial charge in [0.15, 0.2) is 6.61 Å². The SMILES string of the molecule is Cc1ccc(C)c(OCC(=O)NCc2nc3ccccc3n2CCOc2ccc(C(C)(C)C)cc2)c1. The number of carbonyl (C=O) groups excluding carboxylic acids is 1. The molecule has 1 amide bonds. The summed E-state index contributed by atoms with van der Waals surface area (Å²) in [6, 6.07) is 22.2. The quantitative estimate of drug-likeness (QED) is 0.329. The Morgan fingerprint density at radius 2 is 1.72 bits per heavy atom. The highest BCUT2D eigenvalue weighted by molar-refractivity contribution is 5.78. The van der Waals surface area contributed by atoms with Crippen LogP contribution in [-0.4, -0.2) is 28.7 Å². The molecule has 0 aliphatic carbocycles. The van der Waals surface area contributed by atoms with Gasteiger partial charge in [0.1, 0.15) is 23.9 Å². The van der Waals surface area contributed by atoms with Crippen LogP contribution >= 0.6 is 0 Å². The Morgan fingerprint density at radius 3 is 2.47 bits per heavy atom. The fourth-order valence-corrected chi connectivity index (χ4v) is 4.05. The van der Waals surface area contributed by atoms with Crippen LogP contribution in [0, 0.1) is 13.8 Å². The number of ether oxygens (including phenoxy) is 2. The molecule has 4 aromatic rings. The van der Waals surface area contributed by atoms with E-state index < -0.39 is 0 Å². The third-order valence-electron chi connectivity index (χ3n) is 6.18. The summed E-state index contributed by atoms with van der Waals surface area (Å²) in [6.45, 7) is 11.9. The number of rotatable bonds is 9. The van der Waals surface area contributed by atoms with Gasteiger partial charge in [0.2, 0.25) is 0 Å². The number of benzene rings is 3.